The van der Waals surface area contributed by atoms with Gasteiger partial charge < -0.3 is 5.32 Å². The minimum absolute atomic E-state index is 0.185. The number of thiophene rings is 1. The number of hydrogen-bond donors (Lipinski definition) is 1. The third-order valence-corrected chi connectivity index (χ3v) is 4.84. The van der Waals surface area contributed by atoms with Gasteiger partial charge in [-0.05, 0) is 59.7 Å². The van der Waals surface area contributed by atoms with E-state index in [-0.39, 0.29) is 5.54 Å². The highest BCUT2D eigenvalue weighted by Crippen LogP contribution is 2.24. The van der Waals surface area contributed by atoms with Crippen molar-refractivity contribution in [1.82, 2.24) is 10.2 Å². The van der Waals surface area contributed by atoms with Gasteiger partial charge in [-0.1, -0.05) is 13.3 Å². The Bertz CT molecular complexity index is 404. The molecule has 116 valence electrons. The second kappa shape index (κ2) is 7.58. The standard InChI is InChI=1S/C17H32N2S/c1-8-9-13(2)19(7)12-15-10-16(20-14(15)3)11-18-17(4,5)6/h10,13,18H,8-9,11-12H2,1-7H3. The highest BCUT2D eigenvalue weighted by atomic mass is 32.1. The third-order valence-electron chi connectivity index (χ3n) is 3.74. The Kier molecular flexibility index (Phi) is 6.70. The van der Waals surface area contributed by atoms with Crippen molar-refractivity contribution in [3.05, 3.63) is 21.4 Å². The van der Waals surface area contributed by atoms with Crippen LogP contribution in [-0.4, -0.2) is 23.5 Å². The zero-order valence-electron chi connectivity index (χ0n) is 14.3. The Hall–Kier alpha value is -0.380. The van der Waals surface area contributed by atoms with Crippen molar-refractivity contribution in [2.45, 2.75) is 79.1 Å². The third kappa shape index (κ3) is 5.94. The van der Waals surface area contributed by atoms with Gasteiger partial charge in [-0.3, -0.25) is 4.90 Å². The van der Waals surface area contributed by atoms with E-state index in [1.807, 2.05) is 11.3 Å². The summed E-state index contributed by atoms with van der Waals surface area (Å²) in [7, 11) is 2.24. The van der Waals surface area contributed by atoms with Gasteiger partial charge in [-0.15, -0.1) is 11.3 Å². The second-order valence-electron chi connectivity index (χ2n) is 6.95. The average molecular weight is 297 g/mol. The van der Waals surface area contributed by atoms with Crippen LogP contribution >= 0.6 is 11.3 Å². The fourth-order valence-corrected chi connectivity index (χ4v) is 3.24. The predicted molar refractivity (Wildman–Crippen MR) is 91.5 cm³/mol. The molecule has 0 amide bonds. The molecule has 0 aromatic carbocycles. The first-order chi connectivity index (χ1) is 9.23. The summed E-state index contributed by atoms with van der Waals surface area (Å²) in [6, 6.07) is 3.05. The quantitative estimate of drug-likeness (QED) is 0.793. The van der Waals surface area contributed by atoms with Crippen molar-refractivity contribution >= 4 is 11.3 Å². The molecule has 1 aromatic heterocycles. The average Bonchev–Trinajstić information content (AvgIpc) is 2.67. The maximum absolute atomic E-state index is 3.57. The Labute approximate surface area is 129 Å². The van der Waals surface area contributed by atoms with Crippen LogP contribution in [0.25, 0.3) is 0 Å². The van der Waals surface area contributed by atoms with Gasteiger partial charge in [0.05, 0.1) is 0 Å². The van der Waals surface area contributed by atoms with Gasteiger partial charge in [-0.25, -0.2) is 0 Å². The fraction of sp³-hybridized carbons (Fsp3) is 0.765. The van der Waals surface area contributed by atoms with Crippen LogP contribution in [0.1, 0.15) is 62.8 Å². The van der Waals surface area contributed by atoms with Crippen LogP contribution in [0.15, 0.2) is 6.07 Å². The van der Waals surface area contributed by atoms with Crippen LogP contribution in [0, 0.1) is 6.92 Å². The first kappa shape index (κ1) is 17.7. The molecular weight excluding hydrogens is 264 g/mol. The van der Waals surface area contributed by atoms with E-state index in [1.54, 1.807) is 0 Å². The first-order valence-corrected chi connectivity index (χ1v) is 8.58. The van der Waals surface area contributed by atoms with Crippen LogP contribution in [0.4, 0.5) is 0 Å². The molecule has 1 aromatic rings. The summed E-state index contributed by atoms with van der Waals surface area (Å²) in [5.41, 5.74) is 1.68. The molecule has 0 aliphatic carbocycles. The summed E-state index contributed by atoms with van der Waals surface area (Å²) in [5.74, 6) is 0. The van der Waals surface area contributed by atoms with Crippen LogP contribution in [0.2, 0.25) is 0 Å². The lowest BCUT2D eigenvalue weighted by molar-refractivity contribution is 0.236. The summed E-state index contributed by atoms with van der Waals surface area (Å²) < 4.78 is 0. The van der Waals surface area contributed by atoms with E-state index < -0.39 is 0 Å². The lowest BCUT2D eigenvalue weighted by atomic mass is 10.1. The molecule has 0 fully saturated rings. The van der Waals surface area contributed by atoms with E-state index >= 15 is 0 Å². The second-order valence-corrected chi connectivity index (χ2v) is 8.29. The van der Waals surface area contributed by atoms with Gasteiger partial charge in [0.1, 0.15) is 0 Å². The van der Waals surface area contributed by atoms with Gasteiger partial charge in [0.15, 0.2) is 0 Å². The highest BCUT2D eigenvalue weighted by molar-refractivity contribution is 7.12. The largest absolute Gasteiger partial charge is 0.307 e. The van der Waals surface area contributed by atoms with Crippen molar-refractivity contribution < 1.29 is 0 Å². The minimum atomic E-state index is 0.185. The molecule has 3 heteroatoms. The van der Waals surface area contributed by atoms with Crippen LogP contribution in [0.5, 0.6) is 0 Å². The number of nitrogens with one attached hydrogen (secondary N) is 1. The van der Waals surface area contributed by atoms with Crippen molar-refractivity contribution in [2.75, 3.05) is 7.05 Å². The molecule has 1 N–H and O–H groups in total. The van der Waals surface area contributed by atoms with Gasteiger partial charge in [-0.2, -0.15) is 0 Å². The number of nitrogens with zero attached hydrogens (tertiary/aromatic N) is 1. The summed E-state index contributed by atoms with van der Waals surface area (Å²) >= 11 is 1.93. The fourth-order valence-electron chi connectivity index (χ4n) is 2.25. The SMILES string of the molecule is CCCC(C)N(C)Cc1cc(CNC(C)(C)C)sc1C. The highest BCUT2D eigenvalue weighted by Gasteiger charge is 2.14. The van der Waals surface area contributed by atoms with Gasteiger partial charge in [0, 0.05) is 34.4 Å². The minimum Gasteiger partial charge on any atom is -0.307 e. The molecule has 1 rings (SSSR count). The topological polar surface area (TPSA) is 15.3 Å². The molecule has 1 unspecified atom stereocenters. The Balaban J connectivity index is 2.61. The molecule has 0 bridgehead atoms. The lowest BCUT2D eigenvalue weighted by Crippen LogP contribution is -2.34. The summed E-state index contributed by atoms with van der Waals surface area (Å²) in [6.07, 6.45) is 2.53. The van der Waals surface area contributed by atoms with E-state index in [0.717, 1.165) is 13.1 Å². The molecule has 1 atom stereocenters. The molecule has 0 aliphatic rings. The van der Waals surface area contributed by atoms with Crippen molar-refractivity contribution in [1.29, 1.82) is 0 Å². The molecule has 20 heavy (non-hydrogen) atoms. The number of hydrogen-bond acceptors (Lipinski definition) is 3. The Morgan fingerprint density at radius 2 is 2.00 bits per heavy atom. The van der Waals surface area contributed by atoms with E-state index in [1.165, 1.54) is 28.2 Å². The Morgan fingerprint density at radius 1 is 1.35 bits per heavy atom. The van der Waals surface area contributed by atoms with Crippen molar-refractivity contribution in [3.8, 4) is 0 Å². The maximum Gasteiger partial charge on any atom is 0.0304 e. The molecule has 2 nitrogen and oxygen atoms in total. The number of aryl methyl sites for hydroxylation is 1. The van der Waals surface area contributed by atoms with Gasteiger partial charge in [0.2, 0.25) is 0 Å². The number of rotatable bonds is 7. The molecule has 0 saturated carbocycles. The van der Waals surface area contributed by atoms with E-state index in [0.29, 0.717) is 6.04 Å². The van der Waals surface area contributed by atoms with Crippen LogP contribution in [0.3, 0.4) is 0 Å². The smallest absolute Gasteiger partial charge is 0.0304 e. The zero-order valence-corrected chi connectivity index (χ0v) is 15.2. The Morgan fingerprint density at radius 3 is 2.55 bits per heavy atom. The van der Waals surface area contributed by atoms with E-state index in [4.69, 9.17) is 0 Å². The van der Waals surface area contributed by atoms with Gasteiger partial charge in [0.25, 0.3) is 0 Å². The summed E-state index contributed by atoms with van der Waals surface area (Å²) in [4.78, 5) is 5.38. The monoisotopic (exact) mass is 296 g/mol. The normalized spacial score (nSPS) is 14.0. The molecule has 0 aliphatic heterocycles. The lowest BCUT2D eigenvalue weighted by Gasteiger charge is -2.24. The molecule has 0 radical (unpaired) electrons. The van der Waals surface area contributed by atoms with E-state index in [9.17, 15) is 0 Å². The van der Waals surface area contributed by atoms with Gasteiger partial charge >= 0.3 is 0 Å². The molecule has 0 spiro atoms. The van der Waals surface area contributed by atoms with Crippen LogP contribution < -0.4 is 5.32 Å². The van der Waals surface area contributed by atoms with Crippen molar-refractivity contribution in [2.24, 2.45) is 0 Å². The molecular formula is C17H32N2S. The first-order valence-electron chi connectivity index (χ1n) is 7.76. The summed E-state index contributed by atoms with van der Waals surface area (Å²) in [5, 5.41) is 3.57. The predicted octanol–water partition coefficient (Wildman–Crippen LogP) is 4.57. The summed E-state index contributed by atoms with van der Waals surface area (Å²) in [6.45, 7) is 15.5. The van der Waals surface area contributed by atoms with Crippen molar-refractivity contribution in [3.63, 3.8) is 0 Å². The van der Waals surface area contributed by atoms with Crippen LogP contribution in [-0.2, 0) is 13.1 Å². The maximum atomic E-state index is 3.57. The molecule has 0 saturated heterocycles. The van der Waals surface area contributed by atoms with E-state index in [2.05, 4.69) is 64.9 Å². The molecule has 1 heterocycles. The zero-order chi connectivity index (χ0) is 15.3.